The summed E-state index contributed by atoms with van der Waals surface area (Å²) in [5.41, 5.74) is 7.46. The number of nitrogens with two attached hydrogens (primary N) is 1. The van der Waals surface area contributed by atoms with Crippen molar-refractivity contribution < 1.29 is 22.7 Å². The molecule has 9 heteroatoms. The molecule has 1 fully saturated rings. The van der Waals surface area contributed by atoms with E-state index in [2.05, 4.69) is 9.97 Å². The molecule has 180 valence electrons. The lowest BCUT2D eigenvalue weighted by Crippen LogP contribution is -2.44. The third kappa shape index (κ3) is 5.14. The number of benzene rings is 1. The maximum Gasteiger partial charge on any atom is 0.417 e. The lowest BCUT2D eigenvalue weighted by atomic mass is 9.91. The van der Waals surface area contributed by atoms with Gasteiger partial charge in [0, 0.05) is 30.3 Å². The number of nitrogens with zero attached hydrogens (tertiary/aromatic N) is 3. The lowest BCUT2D eigenvalue weighted by molar-refractivity contribution is -0.137. The predicted octanol–water partition coefficient (Wildman–Crippen LogP) is 5.14. The number of carbonyl (C=O) groups is 1. The number of amides is 1. The van der Waals surface area contributed by atoms with Gasteiger partial charge in [-0.05, 0) is 74.6 Å². The molecule has 34 heavy (non-hydrogen) atoms. The molecule has 1 aromatic carbocycles. The molecule has 6 nitrogen and oxygen atoms in total. The Kier molecular flexibility index (Phi) is 6.74. The average Bonchev–Trinajstić information content (AvgIpc) is 2.82. The number of hydrogen-bond acceptors (Lipinski definition) is 5. The fourth-order valence-electron chi connectivity index (χ4n) is 4.44. The van der Waals surface area contributed by atoms with Gasteiger partial charge in [0.2, 0.25) is 0 Å². The molecule has 1 aliphatic rings. The molecule has 2 aromatic heterocycles. The summed E-state index contributed by atoms with van der Waals surface area (Å²) >= 11 is 0. The lowest BCUT2D eigenvalue weighted by Gasteiger charge is -2.37. The number of alkyl halides is 3. The summed E-state index contributed by atoms with van der Waals surface area (Å²) in [7, 11) is 1.65. The number of hydrogen-bond donors (Lipinski definition) is 1. The Hall–Kier alpha value is -3.20. The zero-order valence-corrected chi connectivity index (χ0v) is 19.1. The number of anilines is 1. The number of methoxy groups -OCH3 is 1. The van der Waals surface area contributed by atoms with Crippen LogP contribution in [-0.2, 0) is 17.5 Å². The summed E-state index contributed by atoms with van der Waals surface area (Å²) in [5.74, 6) is 0.231. The van der Waals surface area contributed by atoms with Gasteiger partial charge in [0.1, 0.15) is 5.82 Å². The van der Waals surface area contributed by atoms with Crippen molar-refractivity contribution in [3.63, 3.8) is 0 Å². The molecule has 2 N–H and O–H groups in total. The van der Waals surface area contributed by atoms with Crippen molar-refractivity contribution in [1.82, 2.24) is 14.9 Å². The number of aryl methyl sites for hydroxylation is 1. The van der Waals surface area contributed by atoms with Gasteiger partial charge in [-0.25, -0.2) is 4.98 Å². The fraction of sp³-hybridized carbons (Fsp3) is 0.400. The summed E-state index contributed by atoms with van der Waals surface area (Å²) in [6, 6.07) is 9.34. The Balaban J connectivity index is 1.66. The second-order valence-electron chi connectivity index (χ2n) is 8.75. The van der Waals surface area contributed by atoms with E-state index in [-0.39, 0.29) is 24.6 Å². The van der Waals surface area contributed by atoms with E-state index >= 15 is 0 Å². The normalized spacial score (nSPS) is 18.7. The van der Waals surface area contributed by atoms with E-state index in [9.17, 15) is 18.0 Å². The third-order valence-electron chi connectivity index (χ3n) is 6.41. The summed E-state index contributed by atoms with van der Waals surface area (Å²) in [4.78, 5) is 23.8. The Morgan fingerprint density at radius 2 is 2.00 bits per heavy atom. The van der Waals surface area contributed by atoms with Gasteiger partial charge >= 0.3 is 6.18 Å². The van der Waals surface area contributed by atoms with Gasteiger partial charge < -0.3 is 15.4 Å². The standard InChI is InChI=1S/C25H27F3N4O2/c1-15-10-17-11-16(6-9-22(17)31-23(15)29)24(33)32(20-4-3-5-21(12-20)34-2)14-19-8-7-18(13-30-19)25(26,27)28/h6-11,13,20-21H,3-5,12,14H2,1-2H3,(H2,29,31). The van der Waals surface area contributed by atoms with Crippen LogP contribution in [0.4, 0.5) is 19.0 Å². The molecule has 4 rings (SSSR count). The summed E-state index contributed by atoms with van der Waals surface area (Å²) in [6.07, 6.45) is -0.364. The minimum Gasteiger partial charge on any atom is -0.383 e. The number of fused-ring (bicyclic) bond motifs is 1. The van der Waals surface area contributed by atoms with Crippen molar-refractivity contribution in [1.29, 1.82) is 0 Å². The SMILES string of the molecule is COC1CCCC(N(Cc2ccc(C(F)(F)F)cn2)C(=O)c2ccc3nc(N)c(C)cc3c2)C1. The van der Waals surface area contributed by atoms with E-state index < -0.39 is 11.7 Å². The van der Waals surface area contributed by atoms with Crippen LogP contribution >= 0.6 is 0 Å². The van der Waals surface area contributed by atoms with Crippen LogP contribution in [0.1, 0.15) is 52.9 Å². The van der Waals surface area contributed by atoms with E-state index in [0.717, 1.165) is 42.5 Å². The van der Waals surface area contributed by atoms with E-state index in [1.54, 1.807) is 30.2 Å². The number of ether oxygens (including phenoxy) is 1. The van der Waals surface area contributed by atoms with Crippen molar-refractivity contribution in [2.24, 2.45) is 0 Å². The molecule has 0 spiro atoms. The highest BCUT2D eigenvalue weighted by Crippen LogP contribution is 2.30. The molecular formula is C25H27F3N4O2. The Labute approximate surface area is 195 Å². The average molecular weight is 473 g/mol. The monoisotopic (exact) mass is 472 g/mol. The number of rotatable bonds is 5. The third-order valence-corrected chi connectivity index (χ3v) is 6.41. The highest BCUT2D eigenvalue weighted by molar-refractivity contribution is 5.98. The van der Waals surface area contributed by atoms with Crippen LogP contribution in [0.25, 0.3) is 10.9 Å². The Morgan fingerprint density at radius 1 is 1.21 bits per heavy atom. The highest BCUT2D eigenvalue weighted by atomic mass is 19.4. The van der Waals surface area contributed by atoms with Crippen molar-refractivity contribution in [3.8, 4) is 0 Å². The number of pyridine rings is 2. The van der Waals surface area contributed by atoms with Crippen molar-refractivity contribution in [2.75, 3.05) is 12.8 Å². The Morgan fingerprint density at radius 3 is 2.68 bits per heavy atom. The van der Waals surface area contributed by atoms with Crippen molar-refractivity contribution >= 4 is 22.6 Å². The molecule has 0 aliphatic heterocycles. The first-order chi connectivity index (χ1) is 16.2. The first-order valence-corrected chi connectivity index (χ1v) is 11.2. The van der Waals surface area contributed by atoms with Gasteiger partial charge in [0.15, 0.2) is 0 Å². The number of aromatic nitrogens is 2. The van der Waals surface area contributed by atoms with Gasteiger partial charge in [-0.3, -0.25) is 9.78 Å². The summed E-state index contributed by atoms with van der Waals surface area (Å²) < 4.78 is 44.4. The van der Waals surface area contributed by atoms with Crippen LogP contribution in [0.5, 0.6) is 0 Å². The van der Waals surface area contributed by atoms with E-state index in [1.165, 1.54) is 6.07 Å². The second kappa shape index (κ2) is 9.58. The first-order valence-electron chi connectivity index (χ1n) is 11.2. The predicted molar refractivity (Wildman–Crippen MR) is 123 cm³/mol. The maximum absolute atomic E-state index is 13.7. The Bertz CT molecular complexity index is 1180. The van der Waals surface area contributed by atoms with E-state index in [1.807, 2.05) is 13.0 Å². The first kappa shape index (κ1) is 23.9. The maximum atomic E-state index is 13.7. The largest absolute Gasteiger partial charge is 0.417 e. The smallest absolute Gasteiger partial charge is 0.383 e. The molecule has 0 bridgehead atoms. The summed E-state index contributed by atoms with van der Waals surface area (Å²) in [5, 5.41) is 0.795. The molecule has 2 atom stereocenters. The van der Waals surface area contributed by atoms with Crippen LogP contribution in [0.2, 0.25) is 0 Å². The van der Waals surface area contributed by atoms with Crippen LogP contribution in [0, 0.1) is 6.92 Å². The zero-order valence-electron chi connectivity index (χ0n) is 19.1. The molecular weight excluding hydrogens is 445 g/mol. The topological polar surface area (TPSA) is 81.3 Å². The van der Waals surface area contributed by atoms with Crippen LogP contribution in [0.3, 0.4) is 0 Å². The minimum absolute atomic E-state index is 0.0287. The van der Waals surface area contributed by atoms with Crippen molar-refractivity contribution in [3.05, 3.63) is 65.0 Å². The van der Waals surface area contributed by atoms with Crippen LogP contribution < -0.4 is 5.73 Å². The quantitative estimate of drug-likeness (QED) is 0.556. The number of nitrogen functional groups attached to an aromatic ring is 1. The summed E-state index contributed by atoms with van der Waals surface area (Å²) in [6.45, 7) is 1.96. The molecule has 0 saturated heterocycles. The molecule has 1 saturated carbocycles. The van der Waals surface area contributed by atoms with Crippen molar-refractivity contribution in [2.45, 2.75) is 57.5 Å². The van der Waals surface area contributed by atoms with Crippen LogP contribution in [0.15, 0.2) is 42.6 Å². The molecule has 0 radical (unpaired) electrons. The van der Waals surface area contributed by atoms with Gasteiger partial charge in [-0.2, -0.15) is 13.2 Å². The van der Waals surface area contributed by atoms with Crippen LogP contribution in [-0.4, -0.2) is 40.0 Å². The molecule has 3 aromatic rings. The fourth-order valence-corrected chi connectivity index (χ4v) is 4.44. The van der Waals surface area contributed by atoms with E-state index in [0.29, 0.717) is 29.0 Å². The number of halogens is 3. The zero-order chi connectivity index (χ0) is 24.5. The van der Waals surface area contributed by atoms with Gasteiger partial charge in [-0.15, -0.1) is 0 Å². The minimum atomic E-state index is -4.46. The molecule has 2 unspecified atom stereocenters. The molecule has 2 heterocycles. The van der Waals surface area contributed by atoms with Gasteiger partial charge in [0.05, 0.1) is 29.4 Å². The molecule has 1 amide bonds. The van der Waals surface area contributed by atoms with Gasteiger partial charge in [0.25, 0.3) is 5.91 Å². The van der Waals surface area contributed by atoms with Gasteiger partial charge in [-0.1, -0.05) is 0 Å². The highest BCUT2D eigenvalue weighted by Gasteiger charge is 2.33. The number of carbonyl (C=O) groups excluding carboxylic acids is 1. The molecule has 1 aliphatic carbocycles. The second-order valence-corrected chi connectivity index (χ2v) is 8.75. The van der Waals surface area contributed by atoms with E-state index in [4.69, 9.17) is 10.5 Å².